The summed E-state index contributed by atoms with van der Waals surface area (Å²) in [5.74, 6) is 0. The van der Waals surface area contributed by atoms with E-state index in [1.54, 1.807) is 17.8 Å². The van der Waals surface area contributed by atoms with Gasteiger partial charge < -0.3 is 0 Å². The maximum atomic E-state index is 13.4. The minimum atomic E-state index is -4.58. The quantitative estimate of drug-likeness (QED) is 0.709. The van der Waals surface area contributed by atoms with E-state index in [0.29, 0.717) is 23.5 Å². The molecule has 9 heteroatoms. The van der Waals surface area contributed by atoms with Crippen molar-refractivity contribution in [2.75, 3.05) is 0 Å². The molecule has 0 spiro atoms. The van der Waals surface area contributed by atoms with Crippen molar-refractivity contribution >= 4 is 17.2 Å². The van der Waals surface area contributed by atoms with Gasteiger partial charge in [-0.2, -0.15) is 23.4 Å². The fourth-order valence-corrected chi connectivity index (χ4v) is 2.53. The number of aryl methyl sites for hydroxylation is 3. The van der Waals surface area contributed by atoms with E-state index in [1.165, 1.54) is 6.92 Å². The molecule has 3 rings (SSSR count). The summed E-state index contributed by atoms with van der Waals surface area (Å²) in [6, 6.07) is 0.972. The molecule has 3 heterocycles. The van der Waals surface area contributed by atoms with Gasteiger partial charge in [0.2, 0.25) is 0 Å². The molecule has 3 aromatic rings. The highest BCUT2D eigenvalue weighted by molar-refractivity contribution is 6.34. The molecule has 0 saturated carbocycles. The van der Waals surface area contributed by atoms with E-state index >= 15 is 0 Å². The zero-order valence-corrected chi connectivity index (χ0v) is 13.4. The number of rotatable bonds is 2. The van der Waals surface area contributed by atoms with Crippen LogP contribution in [0.15, 0.2) is 12.3 Å². The second-order valence-corrected chi connectivity index (χ2v) is 5.52. The lowest BCUT2D eigenvalue weighted by Gasteiger charge is -2.10. The van der Waals surface area contributed by atoms with E-state index in [9.17, 15) is 13.2 Å². The summed E-state index contributed by atoms with van der Waals surface area (Å²) in [5.41, 5.74) is 0.666. The van der Waals surface area contributed by atoms with Gasteiger partial charge in [-0.15, -0.1) is 0 Å². The highest BCUT2D eigenvalue weighted by Crippen LogP contribution is 2.34. The normalized spacial score (nSPS) is 12.3. The maximum absolute atomic E-state index is 13.4. The minimum absolute atomic E-state index is 0.0161. The minimum Gasteiger partial charge on any atom is -0.272 e. The molecule has 0 aliphatic rings. The van der Waals surface area contributed by atoms with Crippen LogP contribution >= 0.6 is 11.6 Å². The fraction of sp³-hybridized carbons (Fsp3) is 0.357. The summed E-state index contributed by atoms with van der Waals surface area (Å²) in [6.45, 7) is 5.77. The van der Waals surface area contributed by atoms with E-state index in [2.05, 4.69) is 15.2 Å². The predicted octanol–water partition coefficient (Wildman–Crippen LogP) is 3.90. The second kappa shape index (κ2) is 5.23. The molecule has 5 nitrogen and oxygen atoms in total. The molecule has 0 aliphatic heterocycles. The Labute approximate surface area is 134 Å². The van der Waals surface area contributed by atoms with Crippen LogP contribution in [0.3, 0.4) is 0 Å². The number of hydrogen-bond donors (Lipinski definition) is 0. The van der Waals surface area contributed by atoms with Crippen molar-refractivity contribution in [3.05, 3.63) is 34.4 Å². The third kappa shape index (κ3) is 2.56. The Morgan fingerprint density at radius 2 is 1.87 bits per heavy atom. The van der Waals surface area contributed by atoms with Crippen LogP contribution in [0.1, 0.15) is 24.0 Å². The van der Waals surface area contributed by atoms with Crippen LogP contribution in [0.2, 0.25) is 5.02 Å². The fourth-order valence-electron chi connectivity index (χ4n) is 2.37. The highest BCUT2D eigenvalue weighted by Gasteiger charge is 2.36. The third-order valence-corrected chi connectivity index (χ3v) is 3.97. The van der Waals surface area contributed by atoms with E-state index < -0.39 is 11.9 Å². The first-order valence-corrected chi connectivity index (χ1v) is 7.27. The molecule has 122 valence electrons. The Hall–Kier alpha value is -2.09. The monoisotopic (exact) mass is 343 g/mol. The second-order valence-electron chi connectivity index (χ2n) is 5.14. The van der Waals surface area contributed by atoms with Gasteiger partial charge in [0.05, 0.1) is 17.1 Å². The highest BCUT2D eigenvalue weighted by atomic mass is 35.5. The predicted molar refractivity (Wildman–Crippen MR) is 79.4 cm³/mol. The molecule has 0 fully saturated rings. The van der Waals surface area contributed by atoms with Crippen molar-refractivity contribution in [1.82, 2.24) is 24.4 Å². The number of fused-ring (bicyclic) bond motifs is 1. The molecule has 0 saturated heterocycles. The van der Waals surface area contributed by atoms with Gasteiger partial charge in [-0.05, 0) is 26.8 Å². The van der Waals surface area contributed by atoms with Gasteiger partial charge in [0.25, 0.3) is 0 Å². The Bertz CT molecular complexity index is 894. The van der Waals surface area contributed by atoms with Crippen molar-refractivity contribution in [2.45, 2.75) is 33.5 Å². The van der Waals surface area contributed by atoms with E-state index in [-0.39, 0.29) is 16.4 Å². The number of hydrogen-bond acceptors (Lipinski definition) is 3. The topological polar surface area (TPSA) is 48.0 Å². The summed E-state index contributed by atoms with van der Waals surface area (Å²) < 4.78 is 42.5. The van der Waals surface area contributed by atoms with Gasteiger partial charge in [0.1, 0.15) is 5.02 Å². The first kappa shape index (κ1) is 15.8. The van der Waals surface area contributed by atoms with Crippen LogP contribution in [0.25, 0.3) is 16.9 Å². The standard InChI is InChI=1S/C14H13ClF3N5/c1-4-22-6-9(7(2)20-22)10-5-11(14(16,17)18)23-13(19-10)12(15)8(3)21-23/h5-6H,4H2,1-3H3. The molecule has 0 aliphatic carbocycles. The molecule has 0 N–H and O–H groups in total. The van der Waals surface area contributed by atoms with Crippen LogP contribution in [-0.2, 0) is 12.7 Å². The lowest BCUT2D eigenvalue weighted by Crippen LogP contribution is -2.13. The van der Waals surface area contributed by atoms with Crippen LogP contribution in [0, 0.1) is 13.8 Å². The maximum Gasteiger partial charge on any atom is 0.433 e. The lowest BCUT2D eigenvalue weighted by atomic mass is 10.1. The summed E-state index contributed by atoms with van der Waals surface area (Å²) in [5, 5.41) is 8.19. The average Bonchev–Trinajstić information content (AvgIpc) is 2.98. The van der Waals surface area contributed by atoms with Crippen molar-refractivity contribution in [2.24, 2.45) is 0 Å². The Morgan fingerprint density at radius 3 is 2.43 bits per heavy atom. The first-order chi connectivity index (χ1) is 10.7. The molecule has 0 radical (unpaired) electrons. The van der Waals surface area contributed by atoms with E-state index in [4.69, 9.17) is 11.6 Å². The van der Waals surface area contributed by atoms with Crippen molar-refractivity contribution in [1.29, 1.82) is 0 Å². The van der Waals surface area contributed by atoms with Gasteiger partial charge in [-0.1, -0.05) is 11.6 Å². The summed E-state index contributed by atoms with van der Waals surface area (Å²) >= 11 is 6.06. The number of nitrogens with zero attached hydrogens (tertiary/aromatic N) is 5. The van der Waals surface area contributed by atoms with Crippen LogP contribution in [-0.4, -0.2) is 24.4 Å². The van der Waals surface area contributed by atoms with Crippen molar-refractivity contribution in [3.63, 3.8) is 0 Å². The molecular weight excluding hydrogens is 331 g/mol. The Morgan fingerprint density at radius 1 is 1.17 bits per heavy atom. The smallest absolute Gasteiger partial charge is 0.272 e. The molecule has 23 heavy (non-hydrogen) atoms. The van der Waals surface area contributed by atoms with Crippen molar-refractivity contribution in [3.8, 4) is 11.3 Å². The molecule has 0 atom stereocenters. The summed E-state index contributed by atoms with van der Waals surface area (Å²) in [7, 11) is 0. The van der Waals surface area contributed by atoms with Gasteiger partial charge in [-0.25, -0.2) is 9.50 Å². The molecule has 0 amide bonds. The molecule has 0 unspecified atom stereocenters. The Kier molecular flexibility index (Phi) is 3.59. The first-order valence-electron chi connectivity index (χ1n) is 6.90. The van der Waals surface area contributed by atoms with E-state index in [1.807, 2.05) is 6.92 Å². The van der Waals surface area contributed by atoms with Gasteiger partial charge >= 0.3 is 6.18 Å². The van der Waals surface area contributed by atoms with E-state index in [0.717, 1.165) is 10.6 Å². The van der Waals surface area contributed by atoms with Gasteiger partial charge in [0.15, 0.2) is 11.3 Å². The Balaban J connectivity index is 2.34. The van der Waals surface area contributed by atoms with Crippen LogP contribution < -0.4 is 0 Å². The van der Waals surface area contributed by atoms with Crippen molar-refractivity contribution < 1.29 is 13.2 Å². The summed E-state index contributed by atoms with van der Waals surface area (Å²) in [6.07, 6.45) is -2.90. The van der Waals surface area contributed by atoms with Gasteiger partial charge in [-0.3, -0.25) is 4.68 Å². The molecular formula is C14H13ClF3N5. The average molecular weight is 344 g/mol. The summed E-state index contributed by atoms with van der Waals surface area (Å²) in [4.78, 5) is 4.26. The molecule has 0 aromatic carbocycles. The number of halogens is 4. The van der Waals surface area contributed by atoms with Crippen LogP contribution in [0.4, 0.5) is 13.2 Å². The lowest BCUT2D eigenvalue weighted by molar-refractivity contribution is -0.142. The largest absolute Gasteiger partial charge is 0.433 e. The molecule has 3 aromatic heterocycles. The number of alkyl halides is 3. The zero-order valence-electron chi connectivity index (χ0n) is 12.6. The third-order valence-electron chi connectivity index (χ3n) is 3.53. The van der Waals surface area contributed by atoms with Crippen LogP contribution in [0.5, 0.6) is 0 Å². The number of aromatic nitrogens is 5. The molecule has 0 bridgehead atoms. The van der Waals surface area contributed by atoms with Gasteiger partial charge in [0, 0.05) is 18.3 Å². The SMILES string of the molecule is CCn1cc(-c2cc(C(F)(F)F)n3nc(C)c(Cl)c3n2)c(C)n1. The zero-order chi connectivity index (χ0) is 16.9.